The minimum atomic E-state index is 0.598. The lowest BCUT2D eigenvalue weighted by atomic mass is 9.94. The summed E-state index contributed by atoms with van der Waals surface area (Å²) in [5, 5.41) is 0. The van der Waals surface area contributed by atoms with E-state index in [0.29, 0.717) is 17.8 Å². The number of hydrogen-bond acceptors (Lipinski definition) is 4. The average Bonchev–Trinajstić information content (AvgIpc) is 2.66. The van der Waals surface area contributed by atoms with Crippen LogP contribution in [0, 0.1) is 0 Å². The Hall–Kier alpha value is -3.58. The second-order valence-corrected chi connectivity index (χ2v) is 5.83. The fourth-order valence-corrected chi connectivity index (χ4v) is 2.93. The summed E-state index contributed by atoms with van der Waals surface area (Å²) >= 11 is 0. The molecule has 0 aliphatic rings. The van der Waals surface area contributed by atoms with Crippen molar-refractivity contribution in [2.24, 2.45) is 9.98 Å². The van der Waals surface area contributed by atoms with Gasteiger partial charge < -0.3 is 0 Å². The Morgan fingerprint density at radius 2 is 1.31 bits per heavy atom. The molecule has 3 aromatic carbocycles. The van der Waals surface area contributed by atoms with Crippen LogP contribution in [0.25, 0.3) is 0 Å². The van der Waals surface area contributed by atoms with Crippen LogP contribution < -0.4 is 0 Å². The predicted octanol–water partition coefficient (Wildman–Crippen LogP) is 4.80. The number of aliphatic imine (C=N–C) groups is 2. The summed E-state index contributed by atoms with van der Waals surface area (Å²) in [5.74, 6) is 0. The lowest BCUT2D eigenvalue weighted by Gasteiger charge is -2.11. The monoisotopic (exact) mass is 340 g/mol. The molecule has 0 saturated heterocycles. The average molecular weight is 340 g/mol. The quantitative estimate of drug-likeness (QED) is 0.478. The van der Waals surface area contributed by atoms with Gasteiger partial charge in [0.2, 0.25) is 12.2 Å². The van der Waals surface area contributed by atoms with Crippen LogP contribution in [-0.2, 0) is 22.4 Å². The number of nitrogens with zero attached hydrogens (tertiary/aromatic N) is 2. The Morgan fingerprint density at radius 1 is 0.654 bits per heavy atom. The molecule has 26 heavy (non-hydrogen) atoms. The van der Waals surface area contributed by atoms with E-state index in [0.717, 1.165) is 23.1 Å². The first-order valence-electron chi connectivity index (χ1n) is 8.19. The van der Waals surface area contributed by atoms with Gasteiger partial charge in [0.05, 0.1) is 11.4 Å². The van der Waals surface area contributed by atoms with Crippen LogP contribution in [0.4, 0.5) is 11.4 Å². The van der Waals surface area contributed by atoms with Gasteiger partial charge in [-0.15, -0.1) is 0 Å². The SMILES string of the molecule is O=C=Nc1cccc(Cc2ccccc2Cc2ccccc2N=C=O)c1. The maximum Gasteiger partial charge on any atom is 0.240 e. The molecule has 4 heteroatoms. The molecule has 0 spiro atoms. The third-order valence-electron chi connectivity index (χ3n) is 4.14. The topological polar surface area (TPSA) is 58.9 Å². The Kier molecular flexibility index (Phi) is 5.64. The molecular formula is C22H16N2O2. The molecule has 0 bridgehead atoms. The Bertz CT molecular complexity index is 1010. The minimum Gasteiger partial charge on any atom is -0.211 e. The van der Waals surface area contributed by atoms with Gasteiger partial charge >= 0.3 is 0 Å². The van der Waals surface area contributed by atoms with Crippen LogP contribution in [0.1, 0.15) is 22.3 Å². The van der Waals surface area contributed by atoms with Gasteiger partial charge in [-0.25, -0.2) is 9.59 Å². The molecular weight excluding hydrogens is 324 g/mol. The smallest absolute Gasteiger partial charge is 0.211 e. The predicted molar refractivity (Wildman–Crippen MR) is 101 cm³/mol. The summed E-state index contributed by atoms with van der Waals surface area (Å²) < 4.78 is 0. The molecule has 0 amide bonds. The third-order valence-corrected chi connectivity index (χ3v) is 4.14. The zero-order valence-electron chi connectivity index (χ0n) is 14.1. The molecule has 3 rings (SSSR count). The highest BCUT2D eigenvalue weighted by Crippen LogP contribution is 2.25. The van der Waals surface area contributed by atoms with Gasteiger partial charge in [-0.2, -0.15) is 9.98 Å². The molecule has 0 atom stereocenters. The number of isocyanates is 2. The van der Waals surface area contributed by atoms with Gasteiger partial charge in [0.15, 0.2) is 0 Å². The largest absolute Gasteiger partial charge is 0.240 e. The van der Waals surface area contributed by atoms with Crippen molar-refractivity contribution in [1.82, 2.24) is 0 Å². The summed E-state index contributed by atoms with van der Waals surface area (Å²) in [6.45, 7) is 0. The third kappa shape index (κ3) is 4.28. The van der Waals surface area contributed by atoms with Crippen molar-refractivity contribution in [3.63, 3.8) is 0 Å². The van der Waals surface area contributed by atoms with Crippen LogP contribution in [0.2, 0.25) is 0 Å². The summed E-state index contributed by atoms with van der Waals surface area (Å²) in [6.07, 6.45) is 4.58. The van der Waals surface area contributed by atoms with Crippen molar-refractivity contribution in [1.29, 1.82) is 0 Å². The van der Waals surface area contributed by atoms with E-state index in [1.807, 2.05) is 54.6 Å². The van der Waals surface area contributed by atoms with Gasteiger partial charge in [0, 0.05) is 0 Å². The van der Waals surface area contributed by atoms with E-state index in [9.17, 15) is 9.59 Å². The van der Waals surface area contributed by atoms with Crippen LogP contribution in [0.3, 0.4) is 0 Å². The zero-order chi connectivity index (χ0) is 18.2. The number of benzene rings is 3. The van der Waals surface area contributed by atoms with Gasteiger partial charge in [-0.3, -0.25) is 0 Å². The van der Waals surface area contributed by atoms with E-state index in [1.54, 1.807) is 18.2 Å². The number of carbonyl (C=O) groups excluding carboxylic acids is 2. The number of hydrogen-bond donors (Lipinski definition) is 0. The minimum absolute atomic E-state index is 0.598. The van der Waals surface area contributed by atoms with E-state index < -0.39 is 0 Å². The molecule has 0 radical (unpaired) electrons. The first kappa shape index (κ1) is 17.2. The van der Waals surface area contributed by atoms with Crippen molar-refractivity contribution in [2.45, 2.75) is 12.8 Å². The van der Waals surface area contributed by atoms with Gasteiger partial charge in [0.25, 0.3) is 0 Å². The first-order chi connectivity index (χ1) is 12.8. The van der Waals surface area contributed by atoms with Crippen LogP contribution in [0.15, 0.2) is 82.8 Å². The van der Waals surface area contributed by atoms with E-state index >= 15 is 0 Å². The van der Waals surface area contributed by atoms with Gasteiger partial charge in [-0.05, 0) is 53.3 Å². The highest BCUT2D eigenvalue weighted by Gasteiger charge is 2.08. The summed E-state index contributed by atoms with van der Waals surface area (Å²) in [4.78, 5) is 28.6. The van der Waals surface area contributed by atoms with E-state index in [-0.39, 0.29) is 0 Å². The van der Waals surface area contributed by atoms with Gasteiger partial charge in [0.1, 0.15) is 0 Å². The molecule has 0 heterocycles. The van der Waals surface area contributed by atoms with Crippen LogP contribution in [-0.4, -0.2) is 12.2 Å². The summed E-state index contributed by atoms with van der Waals surface area (Å²) in [6, 6.07) is 23.2. The van der Waals surface area contributed by atoms with Crippen molar-refractivity contribution in [3.8, 4) is 0 Å². The molecule has 0 unspecified atom stereocenters. The normalized spacial score (nSPS) is 9.85. The molecule has 0 saturated carbocycles. The molecule has 3 aromatic rings. The summed E-state index contributed by atoms with van der Waals surface area (Å²) in [7, 11) is 0. The number of rotatable bonds is 6. The zero-order valence-corrected chi connectivity index (χ0v) is 14.1. The highest BCUT2D eigenvalue weighted by molar-refractivity contribution is 5.55. The molecule has 0 aliphatic carbocycles. The Balaban J connectivity index is 1.91. The molecule has 0 fully saturated rings. The van der Waals surface area contributed by atoms with Crippen molar-refractivity contribution < 1.29 is 9.59 Å². The summed E-state index contributed by atoms with van der Waals surface area (Å²) in [5.41, 5.74) is 5.60. The maximum atomic E-state index is 10.6. The first-order valence-corrected chi connectivity index (χ1v) is 8.19. The molecule has 0 N–H and O–H groups in total. The second-order valence-electron chi connectivity index (χ2n) is 5.83. The van der Waals surface area contributed by atoms with Crippen LogP contribution >= 0.6 is 0 Å². The number of para-hydroxylation sites is 1. The van der Waals surface area contributed by atoms with Crippen molar-refractivity contribution in [2.75, 3.05) is 0 Å². The van der Waals surface area contributed by atoms with Crippen LogP contribution in [0.5, 0.6) is 0 Å². The fourth-order valence-electron chi connectivity index (χ4n) is 2.93. The molecule has 0 aromatic heterocycles. The van der Waals surface area contributed by atoms with E-state index in [2.05, 4.69) is 22.1 Å². The molecule has 126 valence electrons. The Labute approximate surface area is 151 Å². The van der Waals surface area contributed by atoms with E-state index in [4.69, 9.17) is 0 Å². The van der Waals surface area contributed by atoms with Crippen molar-refractivity contribution >= 4 is 23.5 Å². The standard InChI is InChI=1S/C22H16N2O2/c25-15-23-21-10-5-6-17(13-21)12-18-7-1-2-8-19(18)14-20-9-3-4-11-22(20)24-16-26/h1-11,13H,12,14H2. The molecule has 4 nitrogen and oxygen atoms in total. The lowest BCUT2D eigenvalue weighted by molar-refractivity contribution is 0.564. The Morgan fingerprint density at radius 3 is 2.04 bits per heavy atom. The lowest BCUT2D eigenvalue weighted by Crippen LogP contribution is -1.97. The van der Waals surface area contributed by atoms with E-state index in [1.165, 1.54) is 5.56 Å². The highest BCUT2D eigenvalue weighted by atomic mass is 16.1. The second kappa shape index (κ2) is 8.50. The van der Waals surface area contributed by atoms with Gasteiger partial charge in [-0.1, -0.05) is 54.6 Å². The fraction of sp³-hybridized carbons (Fsp3) is 0.0909. The van der Waals surface area contributed by atoms with Crippen molar-refractivity contribution in [3.05, 3.63) is 95.1 Å². The molecule has 0 aliphatic heterocycles. The maximum absolute atomic E-state index is 10.6.